The van der Waals surface area contributed by atoms with Crippen LogP contribution in [0, 0.1) is 13.8 Å². The van der Waals surface area contributed by atoms with Crippen molar-refractivity contribution >= 4 is 0 Å². The second-order valence-electron chi connectivity index (χ2n) is 5.34. The molecule has 7 nitrogen and oxygen atoms in total. The summed E-state index contributed by atoms with van der Waals surface area (Å²) in [7, 11) is 0. The molecular formula is C14H19N5O2. The summed E-state index contributed by atoms with van der Waals surface area (Å²) < 4.78 is 5.75. The van der Waals surface area contributed by atoms with E-state index in [1.807, 2.05) is 13.8 Å². The van der Waals surface area contributed by atoms with E-state index < -0.39 is 0 Å². The molecule has 112 valence electrons. The molecule has 3 rings (SSSR count). The van der Waals surface area contributed by atoms with Crippen LogP contribution in [-0.4, -0.2) is 44.5 Å². The number of hydrogen-bond donors (Lipinski definition) is 2. The molecular weight excluding hydrogens is 270 g/mol. The number of aromatic amines is 2. The predicted octanol–water partition coefficient (Wildman–Crippen LogP) is 0.683. The van der Waals surface area contributed by atoms with Crippen molar-refractivity contribution < 1.29 is 4.74 Å². The first kappa shape index (κ1) is 14.0. The van der Waals surface area contributed by atoms with Gasteiger partial charge < -0.3 is 14.7 Å². The van der Waals surface area contributed by atoms with Gasteiger partial charge in [0.25, 0.3) is 5.56 Å². The summed E-state index contributed by atoms with van der Waals surface area (Å²) in [6.07, 6.45) is 1.51. The van der Waals surface area contributed by atoms with Crippen molar-refractivity contribution in [2.24, 2.45) is 0 Å². The SMILES string of the molecule is Cc1cc(=O)[nH]c([C@@H]2CN(Cc3nc[nH]c3C)CCO2)n1. The van der Waals surface area contributed by atoms with Crippen molar-refractivity contribution in [2.45, 2.75) is 26.5 Å². The fraction of sp³-hybridized carbons (Fsp3) is 0.500. The molecule has 2 N–H and O–H groups in total. The van der Waals surface area contributed by atoms with Crippen LogP contribution in [0.25, 0.3) is 0 Å². The van der Waals surface area contributed by atoms with Crippen LogP contribution in [0.3, 0.4) is 0 Å². The van der Waals surface area contributed by atoms with Crippen LogP contribution in [0.4, 0.5) is 0 Å². The average Bonchev–Trinajstić information content (AvgIpc) is 2.84. The Morgan fingerprint density at radius 1 is 1.48 bits per heavy atom. The third-order valence-corrected chi connectivity index (χ3v) is 3.65. The number of H-pyrrole nitrogens is 2. The molecule has 0 spiro atoms. The van der Waals surface area contributed by atoms with E-state index in [4.69, 9.17) is 4.74 Å². The Labute approximate surface area is 122 Å². The van der Waals surface area contributed by atoms with Gasteiger partial charge in [0, 0.05) is 37.1 Å². The number of rotatable bonds is 3. The van der Waals surface area contributed by atoms with Crippen LogP contribution in [-0.2, 0) is 11.3 Å². The molecule has 1 fully saturated rings. The highest BCUT2D eigenvalue weighted by molar-refractivity contribution is 5.09. The van der Waals surface area contributed by atoms with Crippen molar-refractivity contribution in [3.63, 3.8) is 0 Å². The highest BCUT2D eigenvalue weighted by Gasteiger charge is 2.24. The maximum Gasteiger partial charge on any atom is 0.251 e. The molecule has 0 aromatic carbocycles. The van der Waals surface area contributed by atoms with E-state index >= 15 is 0 Å². The Morgan fingerprint density at radius 2 is 2.33 bits per heavy atom. The molecule has 0 unspecified atom stereocenters. The Morgan fingerprint density at radius 3 is 3.05 bits per heavy atom. The predicted molar refractivity (Wildman–Crippen MR) is 76.9 cm³/mol. The summed E-state index contributed by atoms with van der Waals surface area (Å²) >= 11 is 0. The highest BCUT2D eigenvalue weighted by Crippen LogP contribution is 2.20. The van der Waals surface area contributed by atoms with E-state index in [-0.39, 0.29) is 11.7 Å². The van der Waals surface area contributed by atoms with Gasteiger partial charge in [0.05, 0.1) is 18.6 Å². The molecule has 0 aliphatic carbocycles. The molecule has 7 heteroatoms. The molecule has 2 aromatic rings. The lowest BCUT2D eigenvalue weighted by atomic mass is 10.2. The van der Waals surface area contributed by atoms with E-state index in [0.717, 1.165) is 24.5 Å². The minimum absolute atomic E-state index is 0.138. The van der Waals surface area contributed by atoms with Crippen molar-refractivity contribution in [2.75, 3.05) is 19.7 Å². The number of aryl methyl sites for hydroxylation is 2. The number of aromatic nitrogens is 4. The zero-order chi connectivity index (χ0) is 14.8. The third kappa shape index (κ3) is 3.20. The molecule has 21 heavy (non-hydrogen) atoms. The van der Waals surface area contributed by atoms with Gasteiger partial charge in [-0.3, -0.25) is 9.69 Å². The summed E-state index contributed by atoms with van der Waals surface area (Å²) in [6.45, 7) is 6.75. The topological polar surface area (TPSA) is 86.9 Å². The van der Waals surface area contributed by atoms with Crippen LogP contribution in [0.2, 0.25) is 0 Å². The van der Waals surface area contributed by atoms with E-state index in [0.29, 0.717) is 24.7 Å². The number of ether oxygens (including phenoxy) is 1. The quantitative estimate of drug-likeness (QED) is 0.868. The zero-order valence-electron chi connectivity index (χ0n) is 12.2. The van der Waals surface area contributed by atoms with Crippen molar-refractivity contribution in [3.8, 4) is 0 Å². The molecule has 1 saturated heterocycles. The van der Waals surface area contributed by atoms with E-state index in [2.05, 4.69) is 24.8 Å². The lowest BCUT2D eigenvalue weighted by Gasteiger charge is -2.32. The smallest absolute Gasteiger partial charge is 0.251 e. The fourth-order valence-electron chi connectivity index (χ4n) is 2.52. The molecule has 1 aliphatic heterocycles. The summed E-state index contributed by atoms with van der Waals surface area (Å²) in [6, 6.07) is 1.48. The van der Waals surface area contributed by atoms with Crippen LogP contribution in [0.15, 0.2) is 17.2 Å². The van der Waals surface area contributed by atoms with Gasteiger partial charge >= 0.3 is 0 Å². The zero-order valence-corrected chi connectivity index (χ0v) is 12.2. The minimum Gasteiger partial charge on any atom is -0.368 e. The normalized spacial score (nSPS) is 19.8. The first-order chi connectivity index (χ1) is 10.1. The van der Waals surface area contributed by atoms with Crippen LogP contribution < -0.4 is 5.56 Å². The van der Waals surface area contributed by atoms with Crippen molar-refractivity contribution in [1.82, 2.24) is 24.8 Å². The Kier molecular flexibility index (Phi) is 3.85. The molecule has 0 radical (unpaired) electrons. The van der Waals surface area contributed by atoms with Crippen LogP contribution in [0.1, 0.15) is 29.0 Å². The Balaban J connectivity index is 1.73. The average molecular weight is 289 g/mol. The fourth-order valence-corrected chi connectivity index (χ4v) is 2.52. The summed E-state index contributed by atoms with van der Waals surface area (Å²) in [4.78, 5) is 28.4. The molecule has 3 heterocycles. The number of morpholine rings is 1. The molecule has 0 saturated carbocycles. The summed E-state index contributed by atoms with van der Waals surface area (Å²) in [5, 5.41) is 0. The van der Waals surface area contributed by atoms with E-state index in [9.17, 15) is 4.79 Å². The monoisotopic (exact) mass is 289 g/mol. The largest absolute Gasteiger partial charge is 0.368 e. The number of nitrogens with one attached hydrogen (secondary N) is 2. The van der Waals surface area contributed by atoms with Gasteiger partial charge in [-0.25, -0.2) is 9.97 Å². The first-order valence-electron chi connectivity index (χ1n) is 7.02. The van der Waals surface area contributed by atoms with E-state index in [1.54, 1.807) is 6.33 Å². The van der Waals surface area contributed by atoms with Crippen molar-refractivity contribution in [1.29, 1.82) is 0 Å². The number of hydrogen-bond acceptors (Lipinski definition) is 5. The lowest BCUT2D eigenvalue weighted by molar-refractivity contribution is -0.0377. The maximum absolute atomic E-state index is 11.6. The second kappa shape index (κ2) is 5.79. The van der Waals surface area contributed by atoms with Crippen molar-refractivity contribution in [3.05, 3.63) is 45.7 Å². The minimum atomic E-state index is -0.203. The molecule has 1 aliphatic rings. The Bertz CT molecular complexity index is 678. The molecule has 0 amide bonds. The van der Waals surface area contributed by atoms with Gasteiger partial charge in [-0.2, -0.15) is 0 Å². The van der Waals surface area contributed by atoms with Crippen LogP contribution in [0.5, 0.6) is 0 Å². The summed E-state index contributed by atoms with van der Waals surface area (Å²) in [5.41, 5.74) is 2.69. The number of nitrogens with zero attached hydrogens (tertiary/aromatic N) is 3. The second-order valence-corrected chi connectivity index (χ2v) is 5.34. The van der Waals surface area contributed by atoms with Gasteiger partial charge in [0.2, 0.25) is 0 Å². The molecule has 0 bridgehead atoms. The third-order valence-electron chi connectivity index (χ3n) is 3.65. The Hall–Kier alpha value is -1.99. The number of imidazole rings is 1. The highest BCUT2D eigenvalue weighted by atomic mass is 16.5. The molecule has 2 aromatic heterocycles. The van der Waals surface area contributed by atoms with Gasteiger partial charge in [0.15, 0.2) is 0 Å². The summed E-state index contributed by atoms with van der Waals surface area (Å²) in [5.74, 6) is 0.600. The first-order valence-corrected chi connectivity index (χ1v) is 7.02. The lowest BCUT2D eigenvalue weighted by Crippen LogP contribution is -2.39. The standard InChI is InChI=1S/C14H19N5O2/c1-9-5-13(20)18-14(17-9)12-7-19(3-4-21-12)6-11-10(2)15-8-16-11/h5,8,12H,3-4,6-7H2,1-2H3,(H,15,16)(H,17,18,20)/t12-/m0/s1. The molecule has 1 atom stereocenters. The van der Waals surface area contributed by atoms with Crippen LogP contribution >= 0.6 is 0 Å². The van der Waals surface area contributed by atoms with E-state index in [1.165, 1.54) is 6.07 Å². The van der Waals surface area contributed by atoms with Gasteiger partial charge in [0.1, 0.15) is 11.9 Å². The van der Waals surface area contributed by atoms with Gasteiger partial charge in [-0.15, -0.1) is 0 Å². The van der Waals surface area contributed by atoms with Gasteiger partial charge in [-0.1, -0.05) is 0 Å². The van der Waals surface area contributed by atoms with Gasteiger partial charge in [-0.05, 0) is 13.8 Å². The maximum atomic E-state index is 11.6.